The van der Waals surface area contributed by atoms with Gasteiger partial charge in [0, 0.05) is 6.54 Å². The van der Waals surface area contributed by atoms with Gasteiger partial charge in [0.1, 0.15) is 6.10 Å². The Labute approximate surface area is 61.0 Å². The van der Waals surface area contributed by atoms with Crippen LogP contribution >= 0.6 is 0 Å². The second-order valence-corrected chi connectivity index (χ2v) is 2.62. The summed E-state index contributed by atoms with van der Waals surface area (Å²) in [5.41, 5.74) is 0. The van der Waals surface area contributed by atoms with Crippen molar-refractivity contribution in [3.63, 3.8) is 0 Å². The van der Waals surface area contributed by atoms with Gasteiger partial charge in [-0.1, -0.05) is 0 Å². The minimum Gasteiger partial charge on any atom is -0.444 e. The second kappa shape index (κ2) is 2.48. The van der Waals surface area contributed by atoms with Crippen LogP contribution in [0.3, 0.4) is 0 Å². The topological polar surface area (TPSA) is 29.5 Å². The molecule has 0 aromatic heterocycles. The Morgan fingerprint density at radius 2 is 2.20 bits per heavy atom. The summed E-state index contributed by atoms with van der Waals surface area (Å²) >= 11 is 0. The quantitative estimate of drug-likeness (QED) is 0.552. The number of hydrogen-bond donors (Lipinski definition) is 0. The van der Waals surface area contributed by atoms with Gasteiger partial charge in [0.25, 0.3) is 0 Å². The van der Waals surface area contributed by atoms with Crippen LogP contribution in [0.25, 0.3) is 0 Å². The number of ether oxygens (including phenoxy) is 1. The molecule has 2 atom stereocenters. The van der Waals surface area contributed by atoms with E-state index in [1.165, 1.54) is 0 Å². The average molecular weight is 143 g/mol. The number of likely N-dealkylation sites (N-methyl/N-ethyl adjacent to an activating group) is 1. The highest BCUT2D eigenvalue weighted by molar-refractivity contribution is 5.70. The highest BCUT2D eigenvalue weighted by Crippen LogP contribution is 2.17. The standard InChI is InChI=1S/C7H13NO2/c1-4-8-5(2)6(3)10-7(8)9/h5-6H,4H2,1-3H3/t5-,6+/m0/s1. The molecule has 0 spiro atoms. The molecule has 1 amide bonds. The molecule has 1 saturated heterocycles. The summed E-state index contributed by atoms with van der Waals surface area (Å²) in [4.78, 5) is 12.7. The van der Waals surface area contributed by atoms with Crippen LogP contribution in [0.2, 0.25) is 0 Å². The van der Waals surface area contributed by atoms with Crippen molar-refractivity contribution in [1.29, 1.82) is 0 Å². The lowest BCUT2D eigenvalue weighted by atomic mass is 10.2. The minimum atomic E-state index is -0.178. The molecule has 1 fully saturated rings. The van der Waals surface area contributed by atoms with E-state index in [0.29, 0.717) is 0 Å². The van der Waals surface area contributed by atoms with Crippen molar-refractivity contribution < 1.29 is 9.53 Å². The summed E-state index contributed by atoms with van der Waals surface area (Å²) in [7, 11) is 0. The molecule has 0 radical (unpaired) electrons. The summed E-state index contributed by atoms with van der Waals surface area (Å²) in [5, 5.41) is 0. The molecule has 3 nitrogen and oxygen atoms in total. The second-order valence-electron chi connectivity index (χ2n) is 2.62. The van der Waals surface area contributed by atoms with Gasteiger partial charge in [-0.3, -0.25) is 0 Å². The first-order chi connectivity index (χ1) is 4.66. The van der Waals surface area contributed by atoms with Gasteiger partial charge < -0.3 is 9.64 Å². The zero-order valence-electron chi connectivity index (χ0n) is 6.63. The maximum absolute atomic E-state index is 10.9. The lowest BCUT2D eigenvalue weighted by Gasteiger charge is -2.16. The Morgan fingerprint density at radius 3 is 2.40 bits per heavy atom. The smallest absolute Gasteiger partial charge is 0.410 e. The van der Waals surface area contributed by atoms with Crippen LogP contribution in [-0.2, 0) is 4.74 Å². The molecule has 1 aliphatic heterocycles. The number of cyclic esters (lactones) is 1. The van der Waals surface area contributed by atoms with Gasteiger partial charge in [0.15, 0.2) is 0 Å². The molecular weight excluding hydrogens is 130 g/mol. The van der Waals surface area contributed by atoms with Gasteiger partial charge in [-0.25, -0.2) is 4.79 Å². The molecule has 3 heteroatoms. The fourth-order valence-electron chi connectivity index (χ4n) is 1.16. The number of hydrogen-bond acceptors (Lipinski definition) is 2. The average Bonchev–Trinajstić information content (AvgIpc) is 2.09. The molecule has 0 aliphatic carbocycles. The van der Waals surface area contributed by atoms with Crippen LogP contribution in [-0.4, -0.2) is 29.7 Å². The number of amides is 1. The summed E-state index contributed by atoms with van der Waals surface area (Å²) in [6.07, 6.45) is -0.130. The van der Waals surface area contributed by atoms with Crippen LogP contribution in [0.5, 0.6) is 0 Å². The van der Waals surface area contributed by atoms with Crippen molar-refractivity contribution in [3.05, 3.63) is 0 Å². The van der Waals surface area contributed by atoms with Crippen LogP contribution in [0.15, 0.2) is 0 Å². The number of nitrogens with zero attached hydrogens (tertiary/aromatic N) is 1. The molecule has 1 aliphatic rings. The Hall–Kier alpha value is -0.730. The van der Waals surface area contributed by atoms with E-state index in [0.717, 1.165) is 6.54 Å². The molecule has 0 saturated carbocycles. The largest absolute Gasteiger partial charge is 0.444 e. The van der Waals surface area contributed by atoms with E-state index in [9.17, 15) is 4.79 Å². The summed E-state index contributed by atoms with van der Waals surface area (Å²) in [6.45, 7) is 6.61. The fraction of sp³-hybridized carbons (Fsp3) is 0.857. The van der Waals surface area contributed by atoms with E-state index in [1.807, 2.05) is 20.8 Å². The van der Waals surface area contributed by atoms with E-state index in [-0.39, 0.29) is 18.2 Å². The Morgan fingerprint density at radius 1 is 1.60 bits per heavy atom. The molecule has 0 bridgehead atoms. The van der Waals surface area contributed by atoms with Crippen LogP contribution in [0, 0.1) is 0 Å². The van der Waals surface area contributed by atoms with Gasteiger partial charge in [0.05, 0.1) is 6.04 Å². The molecule has 0 N–H and O–H groups in total. The minimum absolute atomic E-state index is 0.0486. The van der Waals surface area contributed by atoms with Crippen molar-refractivity contribution in [2.75, 3.05) is 6.54 Å². The third kappa shape index (κ3) is 0.958. The predicted molar refractivity (Wildman–Crippen MR) is 37.8 cm³/mol. The first-order valence-corrected chi connectivity index (χ1v) is 3.64. The highest BCUT2D eigenvalue weighted by Gasteiger charge is 2.34. The SMILES string of the molecule is CCN1C(=O)O[C@H](C)[C@@H]1C. The highest BCUT2D eigenvalue weighted by atomic mass is 16.6. The molecule has 1 rings (SSSR count). The molecule has 0 aromatic carbocycles. The van der Waals surface area contributed by atoms with E-state index < -0.39 is 0 Å². The maximum Gasteiger partial charge on any atom is 0.410 e. The van der Waals surface area contributed by atoms with E-state index >= 15 is 0 Å². The number of carbonyl (C=O) groups is 1. The molecule has 1 heterocycles. The maximum atomic E-state index is 10.9. The van der Waals surface area contributed by atoms with Gasteiger partial charge >= 0.3 is 6.09 Å². The molecule has 10 heavy (non-hydrogen) atoms. The zero-order valence-corrected chi connectivity index (χ0v) is 6.63. The van der Waals surface area contributed by atoms with Gasteiger partial charge in [-0.2, -0.15) is 0 Å². The first kappa shape index (κ1) is 7.38. The third-order valence-corrected chi connectivity index (χ3v) is 2.03. The summed E-state index contributed by atoms with van der Waals surface area (Å²) in [5.74, 6) is 0. The van der Waals surface area contributed by atoms with Gasteiger partial charge in [-0.15, -0.1) is 0 Å². The van der Waals surface area contributed by atoms with Gasteiger partial charge in [-0.05, 0) is 20.8 Å². The number of rotatable bonds is 1. The Balaban J connectivity index is 2.64. The summed E-state index contributed by atoms with van der Waals surface area (Å²) < 4.78 is 4.96. The van der Waals surface area contributed by atoms with E-state index in [2.05, 4.69) is 0 Å². The normalized spacial score (nSPS) is 32.7. The van der Waals surface area contributed by atoms with Crippen molar-refractivity contribution >= 4 is 6.09 Å². The lowest BCUT2D eigenvalue weighted by molar-refractivity contribution is 0.137. The Bertz CT molecular complexity index is 147. The van der Waals surface area contributed by atoms with Crippen LogP contribution in [0.4, 0.5) is 4.79 Å². The van der Waals surface area contributed by atoms with Crippen molar-refractivity contribution in [2.24, 2.45) is 0 Å². The Kier molecular flexibility index (Phi) is 1.83. The zero-order chi connectivity index (χ0) is 7.72. The predicted octanol–water partition coefficient (Wildman–Crippen LogP) is 1.24. The van der Waals surface area contributed by atoms with Crippen molar-refractivity contribution in [3.8, 4) is 0 Å². The fourth-order valence-corrected chi connectivity index (χ4v) is 1.16. The molecular formula is C7H13NO2. The van der Waals surface area contributed by atoms with Crippen LogP contribution < -0.4 is 0 Å². The first-order valence-electron chi connectivity index (χ1n) is 3.64. The molecule has 58 valence electrons. The monoisotopic (exact) mass is 143 g/mol. The van der Waals surface area contributed by atoms with Gasteiger partial charge in [0.2, 0.25) is 0 Å². The summed E-state index contributed by atoms with van der Waals surface area (Å²) in [6, 6.07) is 0.234. The molecule has 0 unspecified atom stereocenters. The van der Waals surface area contributed by atoms with Crippen molar-refractivity contribution in [1.82, 2.24) is 4.90 Å². The van der Waals surface area contributed by atoms with E-state index in [1.54, 1.807) is 4.90 Å². The van der Waals surface area contributed by atoms with E-state index in [4.69, 9.17) is 4.74 Å². The van der Waals surface area contributed by atoms with Crippen LogP contribution in [0.1, 0.15) is 20.8 Å². The van der Waals surface area contributed by atoms with Crippen molar-refractivity contribution in [2.45, 2.75) is 32.9 Å². The molecule has 0 aromatic rings. The number of carbonyl (C=O) groups excluding carboxylic acids is 1. The third-order valence-electron chi connectivity index (χ3n) is 2.03. The lowest BCUT2D eigenvalue weighted by Crippen LogP contribution is -2.32.